The maximum absolute atomic E-state index is 13.7. The third-order valence-corrected chi connectivity index (χ3v) is 2.38. The number of carbonyl (C=O) groups is 1. The summed E-state index contributed by atoms with van der Waals surface area (Å²) in [5, 5.41) is 14.7. The van der Waals surface area contributed by atoms with Crippen molar-refractivity contribution >= 4 is 5.97 Å². The SMILES string of the molecule is COc1cc(F)c(-c2[nH]ncc2C(=O)O)cc1F. The number of aromatic carboxylic acids is 1. The molecule has 94 valence electrons. The number of rotatable bonds is 3. The molecule has 0 atom stereocenters. The van der Waals surface area contributed by atoms with Gasteiger partial charge < -0.3 is 9.84 Å². The van der Waals surface area contributed by atoms with Crippen molar-refractivity contribution in [2.45, 2.75) is 0 Å². The van der Waals surface area contributed by atoms with E-state index in [0.29, 0.717) is 0 Å². The fourth-order valence-electron chi connectivity index (χ4n) is 1.53. The summed E-state index contributed by atoms with van der Waals surface area (Å²) in [5.74, 6) is -3.14. The molecule has 0 saturated carbocycles. The largest absolute Gasteiger partial charge is 0.494 e. The van der Waals surface area contributed by atoms with Crippen molar-refractivity contribution in [3.8, 4) is 17.0 Å². The predicted octanol–water partition coefficient (Wildman–Crippen LogP) is 2.06. The summed E-state index contributed by atoms with van der Waals surface area (Å²) in [7, 11) is 1.20. The lowest BCUT2D eigenvalue weighted by Gasteiger charge is -2.06. The Morgan fingerprint density at radius 1 is 1.39 bits per heavy atom. The van der Waals surface area contributed by atoms with Crippen molar-refractivity contribution in [3.63, 3.8) is 0 Å². The van der Waals surface area contributed by atoms with Crippen molar-refractivity contribution < 1.29 is 23.4 Å². The number of benzene rings is 1. The van der Waals surface area contributed by atoms with E-state index >= 15 is 0 Å². The number of carboxylic acids is 1. The summed E-state index contributed by atoms with van der Waals surface area (Å²) in [5.41, 5.74) is -0.553. The molecular formula is C11H8F2N2O3. The van der Waals surface area contributed by atoms with Gasteiger partial charge in [-0.25, -0.2) is 13.6 Å². The Hall–Kier alpha value is -2.44. The normalized spacial score (nSPS) is 10.4. The van der Waals surface area contributed by atoms with Crippen LogP contribution in [0.5, 0.6) is 5.75 Å². The zero-order valence-corrected chi connectivity index (χ0v) is 9.20. The lowest BCUT2D eigenvalue weighted by atomic mass is 10.1. The molecule has 18 heavy (non-hydrogen) atoms. The molecule has 0 amide bonds. The van der Waals surface area contributed by atoms with Crippen molar-refractivity contribution in [3.05, 3.63) is 35.5 Å². The first-order valence-electron chi connectivity index (χ1n) is 4.84. The Morgan fingerprint density at radius 3 is 2.72 bits per heavy atom. The van der Waals surface area contributed by atoms with Crippen LogP contribution < -0.4 is 4.74 Å². The highest BCUT2D eigenvalue weighted by Gasteiger charge is 2.19. The third-order valence-electron chi connectivity index (χ3n) is 2.38. The minimum Gasteiger partial charge on any atom is -0.494 e. The molecule has 1 aromatic carbocycles. The molecule has 0 aliphatic heterocycles. The van der Waals surface area contributed by atoms with Crippen LogP contribution in [0, 0.1) is 11.6 Å². The Kier molecular flexibility index (Phi) is 2.97. The van der Waals surface area contributed by atoms with Crippen LogP contribution in [-0.2, 0) is 0 Å². The number of aromatic nitrogens is 2. The first-order chi connectivity index (χ1) is 8.54. The molecule has 0 spiro atoms. The van der Waals surface area contributed by atoms with Gasteiger partial charge >= 0.3 is 5.97 Å². The van der Waals surface area contributed by atoms with Gasteiger partial charge in [-0.05, 0) is 6.07 Å². The van der Waals surface area contributed by atoms with Crippen LogP contribution in [0.25, 0.3) is 11.3 Å². The molecule has 0 radical (unpaired) electrons. The molecule has 0 fully saturated rings. The average Bonchev–Trinajstić information content (AvgIpc) is 2.80. The Balaban J connectivity index is 2.61. The summed E-state index contributed by atoms with van der Waals surface area (Å²) in [4.78, 5) is 10.9. The monoisotopic (exact) mass is 254 g/mol. The molecule has 2 N–H and O–H groups in total. The number of nitrogens with zero attached hydrogens (tertiary/aromatic N) is 1. The highest BCUT2D eigenvalue weighted by atomic mass is 19.1. The molecule has 7 heteroatoms. The first kappa shape index (κ1) is 12.0. The van der Waals surface area contributed by atoms with Crippen LogP contribution in [0.1, 0.15) is 10.4 Å². The highest BCUT2D eigenvalue weighted by Crippen LogP contribution is 2.29. The van der Waals surface area contributed by atoms with Gasteiger partial charge in [-0.2, -0.15) is 5.10 Å². The average molecular weight is 254 g/mol. The summed E-state index contributed by atoms with van der Waals surface area (Å²) in [6.07, 6.45) is 1.03. The van der Waals surface area contributed by atoms with Gasteiger partial charge in [0.25, 0.3) is 0 Å². The van der Waals surface area contributed by atoms with Crippen LogP contribution in [0.2, 0.25) is 0 Å². The van der Waals surface area contributed by atoms with E-state index < -0.39 is 17.6 Å². The van der Waals surface area contributed by atoms with Gasteiger partial charge in [-0.1, -0.05) is 0 Å². The van der Waals surface area contributed by atoms with E-state index in [4.69, 9.17) is 5.11 Å². The van der Waals surface area contributed by atoms with Gasteiger partial charge in [0.2, 0.25) is 0 Å². The molecule has 5 nitrogen and oxygen atoms in total. The Morgan fingerprint density at radius 2 is 2.11 bits per heavy atom. The first-order valence-corrected chi connectivity index (χ1v) is 4.84. The van der Waals surface area contributed by atoms with Gasteiger partial charge in [-0.15, -0.1) is 0 Å². The topological polar surface area (TPSA) is 75.2 Å². The van der Waals surface area contributed by atoms with Crippen molar-refractivity contribution in [1.82, 2.24) is 10.2 Å². The maximum atomic E-state index is 13.7. The van der Waals surface area contributed by atoms with E-state index in [1.807, 2.05) is 0 Å². The van der Waals surface area contributed by atoms with Crippen LogP contribution in [0.3, 0.4) is 0 Å². The Labute approximate surface area is 100 Å². The van der Waals surface area contributed by atoms with E-state index in [-0.39, 0.29) is 22.6 Å². The van der Waals surface area contributed by atoms with E-state index in [9.17, 15) is 13.6 Å². The van der Waals surface area contributed by atoms with Crippen LogP contribution in [-0.4, -0.2) is 28.4 Å². The molecule has 1 aromatic heterocycles. The van der Waals surface area contributed by atoms with Gasteiger partial charge in [-0.3, -0.25) is 5.10 Å². The Bertz CT molecular complexity index is 610. The molecular weight excluding hydrogens is 246 g/mol. The van der Waals surface area contributed by atoms with E-state index in [1.54, 1.807) is 0 Å². The van der Waals surface area contributed by atoms with Crippen LogP contribution in [0.4, 0.5) is 8.78 Å². The number of ether oxygens (including phenoxy) is 1. The smallest absolute Gasteiger partial charge is 0.339 e. The van der Waals surface area contributed by atoms with Gasteiger partial charge in [0.1, 0.15) is 11.4 Å². The number of H-pyrrole nitrogens is 1. The second kappa shape index (κ2) is 4.44. The van der Waals surface area contributed by atoms with Crippen molar-refractivity contribution in [1.29, 1.82) is 0 Å². The van der Waals surface area contributed by atoms with Crippen LogP contribution >= 0.6 is 0 Å². The fourth-order valence-corrected chi connectivity index (χ4v) is 1.53. The number of hydrogen-bond acceptors (Lipinski definition) is 3. The quantitative estimate of drug-likeness (QED) is 0.879. The maximum Gasteiger partial charge on any atom is 0.339 e. The lowest BCUT2D eigenvalue weighted by molar-refractivity contribution is 0.0698. The summed E-state index contributed by atoms with van der Waals surface area (Å²) >= 11 is 0. The summed E-state index contributed by atoms with van der Waals surface area (Å²) in [6, 6.07) is 1.70. The number of halogens is 2. The molecule has 0 saturated heterocycles. The summed E-state index contributed by atoms with van der Waals surface area (Å²) in [6.45, 7) is 0. The number of nitrogens with one attached hydrogen (secondary N) is 1. The minimum absolute atomic E-state index is 0.0958. The molecule has 0 bridgehead atoms. The third kappa shape index (κ3) is 1.90. The molecule has 2 rings (SSSR count). The van der Waals surface area contributed by atoms with Crippen LogP contribution in [0.15, 0.2) is 18.3 Å². The molecule has 0 unspecified atom stereocenters. The van der Waals surface area contributed by atoms with Crippen molar-refractivity contribution in [2.24, 2.45) is 0 Å². The lowest BCUT2D eigenvalue weighted by Crippen LogP contribution is -1.99. The molecule has 0 aliphatic rings. The summed E-state index contributed by atoms with van der Waals surface area (Å²) < 4.78 is 31.8. The second-order valence-corrected chi connectivity index (χ2v) is 3.43. The molecule has 0 aliphatic carbocycles. The zero-order chi connectivity index (χ0) is 13.3. The number of carboxylic acid groups (broad SMARTS) is 1. The second-order valence-electron chi connectivity index (χ2n) is 3.43. The fraction of sp³-hybridized carbons (Fsp3) is 0.0909. The van der Waals surface area contributed by atoms with E-state index in [1.165, 1.54) is 7.11 Å². The zero-order valence-electron chi connectivity index (χ0n) is 9.20. The van der Waals surface area contributed by atoms with E-state index in [0.717, 1.165) is 18.3 Å². The van der Waals surface area contributed by atoms with Crippen molar-refractivity contribution in [2.75, 3.05) is 7.11 Å². The number of hydrogen-bond donors (Lipinski definition) is 2. The highest BCUT2D eigenvalue weighted by molar-refractivity contribution is 5.94. The number of aromatic amines is 1. The standard InChI is InChI=1S/C11H8F2N2O3/c1-18-9-3-7(12)5(2-8(9)13)10-6(11(16)17)4-14-15-10/h2-4H,1H3,(H,14,15)(H,16,17). The van der Waals surface area contributed by atoms with E-state index in [2.05, 4.69) is 14.9 Å². The molecule has 2 aromatic rings. The number of methoxy groups -OCH3 is 1. The molecule has 1 heterocycles. The van der Waals surface area contributed by atoms with Gasteiger partial charge in [0.05, 0.1) is 19.0 Å². The predicted molar refractivity (Wildman–Crippen MR) is 57.5 cm³/mol. The van der Waals surface area contributed by atoms with Gasteiger partial charge in [0.15, 0.2) is 11.6 Å². The minimum atomic E-state index is -1.28. The van der Waals surface area contributed by atoms with Gasteiger partial charge in [0, 0.05) is 11.6 Å².